The van der Waals surface area contributed by atoms with Crippen LogP contribution in [-0.2, 0) is 14.9 Å². The Hall–Kier alpha value is -1.48. The van der Waals surface area contributed by atoms with E-state index < -0.39 is 10.2 Å². The predicted molar refractivity (Wildman–Crippen MR) is 95.5 cm³/mol. The number of pyridine rings is 1. The van der Waals surface area contributed by atoms with Gasteiger partial charge in [-0.2, -0.15) is 17.4 Å². The Bertz CT molecular complexity index is 821. The van der Waals surface area contributed by atoms with Gasteiger partial charge in [0.15, 0.2) is 0 Å². The molecule has 25 heavy (non-hydrogen) atoms. The molecule has 0 atom stereocenters. The summed E-state index contributed by atoms with van der Waals surface area (Å²) in [7, 11) is -3.40. The minimum Gasteiger partial charge on any atom is -0.379 e. The Balaban J connectivity index is 1.38. The second-order valence-electron chi connectivity index (χ2n) is 6.78. The zero-order valence-corrected chi connectivity index (χ0v) is 15.0. The Labute approximate surface area is 148 Å². The van der Waals surface area contributed by atoms with Crippen molar-refractivity contribution in [1.29, 1.82) is 0 Å². The molecule has 0 amide bonds. The maximum atomic E-state index is 12.5. The summed E-state index contributed by atoms with van der Waals surface area (Å²) in [5, 5.41) is 1.15. The minimum absolute atomic E-state index is 0.0129. The second-order valence-corrected chi connectivity index (χ2v) is 8.48. The first kappa shape index (κ1) is 17.0. The molecule has 1 aliphatic carbocycles. The van der Waals surface area contributed by atoms with Crippen molar-refractivity contribution >= 4 is 21.2 Å². The molecule has 0 unspecified atom stereocenters. The monoisotopic (exact) mass is 364 g/mol. The van der Waals surface area contributed by atoms with Crippen LogP contribution < -0.4 is 4.72 Å². The molecule has 4 rings (SSSR count). The molecule has 136 valence electrons. The molecule has 8 heteroatoms. The van der Waals surface area contributed by atoms with Crippen LogP contribution in [0.4, 0.5) is 0 Å². The van der Waals surface area contributed by atoms with Crippen LogP contribution in [0.25, 0.3) is 11.0 Å². The van der Waals surface area contributed by atoms with Crippen molar-refractivity contribution in [3.05, 3.63) is 30.6 Å². The molecule has 2 aromatic rings. The van der Waals surface area contributed by atoms with E-state index in [1.54, 1.807) is 0 Å². The number of rotatable bonds is 4. The summed E-state index contributed by atoms with van der Waals surface area (Å²) >= 11 is 0. The molecule has 1 N–H and O–H groups in total. The average Bonchev–Trinajstić information content (AvgIpc) is 3.07. The smallest absolute Gasteiger partial charge is 0.279 e. The maximum Gasteiger partial charge on any atom is 0.279 e. The lowest BCUT2D eigenvalue weighted by Crippen LogP contribution is -2.50. The highest BCUT2D eigenvalue weighted by Gasteiger charge is 2.30. The predicted octanol–water partition coefficient (Wildman–Crippen LogP) is 1.69. The lowest BCUT2D eigenvalue weighted by atomic mass is 9.91. The van der Waals surface area contributed by atoms with Crippen LogP contribution in [0.5, 0.6) is 0 Å². The molecule has 0 radical (unpaired) electrons. The van der Waals surface area contributed by atoms with Crippen LogP contribution >= 0.6 is 0 Å². The molecule has 0 bridgehead atoms. The number of hydrogen-bond acceptors (Lipinski definition) is 4. The summed E-state index contributed by atoms with van der Waals surface area (Å²) in [6.07, 6.45) is 7.52. The fraction of sp³-hybridized carbons (Fsp3) is 0.588. The first-order chi connectivity index (χ1) is 12.1. The van der Waals surface area contributed by atoms with Crippen molar-refractivity contribution in [3.8, 4) is 0 Å². The topological polar surface area (TPSA) is 76.5 Å². The van der Waals surface area contributed by atoms with Crippen molar-refractivity contribution in [1.82, 2.24) is 18.6 Å². The minimum atomic E-state index is -3.40. The van der Waals surface area contributed by atoms with Crippen LogP contribution in [0, 0.1) is 0 Å². The van der Waals surface area contributed by atoms with Gasteiger partial charge in [0.2, 0.25) is 0 Å². The summed E-state index contributed by atoms with van der Waals surface area (Å²) < 4.78 is 36.8. The Morgan fingerprint density at radius 3 is 2.64 bits per heavy atom. The van der Waals surface area contributed by atoms with Gasteiger partial charge in [-0.25, -0.2) is 4.98 Å². The normalized spacial score (nSPS) is 26.1. The largest absolute Gasteiger partial charge is 0.379 e. The van der Waals surface area contributed by atoms with Gasteiger partial charge < -0.3 is 9.30 Å². The Kier molecular flexibility index (Phi) is 4.77. The molecule has 0 spiro atoms. The third-order valence-electron chi connectivity index (χ3n) is 5.19. The highest BCUT2D eigenvalue weighted by molar-refractivity contribution is 7.87. The highest BCUT2D eigenvalue weighted by atomic mass is 32.2. The summed E-state index contributed by atoms with van der Waals surface area (Å²) in [4.78, 5) is 4.49. The highest BCUT2D eigenvalue weighted by Crippen LogP contribution is 2.31. The van der Waals surface area contributed by atoms with E-state index >= 15 is 0 Å². The molecule has 2 aromatic heterocycles. The summed E-state index contributed by atoms with van der Waals surface area (Å²) in [6, 6.07) is 6.51. The first-order valence-corrected chi connectivity index (χ1v) is 10.3. The third-order valence-corrected chi connectivity index (χ3v) is 6.87. The number of hydrogen-bond donors (Lipinski definition) is 1. The summed E-state index contributed by atoms with van der Waals surface area (Å²) in [5.41, 5.74) is 1.01. The van der Waals surface area contributed by atoms with Gasteiger partial charge in [-0.1, -0.05) is 0 Å². The molecule has 1 saturated carbocycles. The van der Waals surface area contributed by atoms with Gasteiger partial charge >= 0.3 is 0 Å². The van der Waals surface area contributed by atoms with E-state index in [9.17, 15) is 8.42 Å². The fourth-order valence-electron chi connectivity index (χ4n) is 3.83. The number of fused-ring (bicyclic) bond motifs is 1. The van der Waals surface area contributed by atoms with Gasteiger partial charge in [-0.05, 0) is 43.9 Å². The van der Waals surface area contributed by atoms with Crippen molar-refractivity contribution in [2.24, 2.45) is 0 Å². The van der Waals surface area contributed by atoms with Crippen LogP contribution in [-0.4, -0.2) is 54.6 Å². The van der Waals surface area contributed by atoms with E-state index in [-0.39, 0.29) is 6.04 Å². The Morgan fingerprint density at radius 2 is 1.88 bits per heavy atom. The lowest BCUT2D eigenvalue weighted by Gasteiger charge is -2.33. The van der Waals surface area contributed by atoms with Crippen LogP contribution in [0.3, 0.4) is 0 Å². The summed E-state index contributed by atoms with van der Waals surface area (Å²) in [5.74, 6) is 0. The van der Waals surface area contributed by atoms with E-state index in [1.807, 2.05) is 12.3 Å². The van der Waals surface area contributed by atoms with E-state index in [1.165, 1.54) is 4.31 Å². The van der Waals surface area contributed by atoms with Gasteiger partial charge in [-0.3, -0.25) is 0 Å². The molecule has 1 saturated heterocycles. The number of aromatic nitrogens is 2. The number of ether oxygens (including phenoxy) is 1. The van der Waals surface area contributed by atoms with Crippen molar-refractivity contribution < 1.29 is 13.2 Å². The average molecular weight is 364 g/mol. The van der Waals surface area contributed by atoms with Gasteiger partial charge in [0.1, 0.15) is 5.65 Å². The van der Waals surface area contributed by atoms with Crippen molar-refractivity contribution in [3.63, 3.8) is 0 Å². The van der Waals surface area contributed by atoms with Crippen LogP contribution in [0.2, 0.25) is 0 Å². The van der Waals surface area contributed by atoms with Gasteiger partial charge in [0, 0.05) is 43.0 Å². The molecular formula is C17H24N4O3S. The summed E-state index contributed by atoms with van der Waals surface area (Å²) in [6.45, 7) is 1.82. The first-order valence-electron chi connectivity index (χ1n) is 8.90. The van der Waals surface area contributed by atoms with Gasteiger partial charge in [0.25, 0.3) is 10.2 Å². The second kappa shape index (κ2) is 7.03. The fourth-order valence-corrected chi connectivity index (χ4v) is 5.26. The third kappa shape index (κ3) is 3.57. The molecule has 2 fully saturated rings. The molecular weight excluding hydrogens is 340 g/mol. The zero-order chi connectivity index (χ0) is 17.3. The van der Waals surface area contributed by atoms with E-state index in [2.05, 4.69) is 32.6 Å². The van der Waals surface area contributed by atoms with Gasteiger partial charge in [-0.15, -0.1) is 0 Å². The molecule has 0 aromatic carbocycles. The van der Waals surface area contributed by atoms with E-state index in [4.69, 9.17) is 4.74 Å². The van der Waals surface area contributed by atoms with Gasteiger partial charge in [0.05, 0.1) is 13.2 Å². The van der Waals surface area contributed by atoms with Crippen LogP contribution in [0.1, 0.15) is 31.7 Å². The standard InChI is InChI=1S/C17H24N4O3S/c22-25(23,20-10-12-24-13-11-20)19-15-3-5-16(6-4-15)21-9-7-14-2-1-8-18-17(14)21/h1-2,7-9,15-16,19H,3-6,10-13H2. The number of nitrogens with zero attached hydrogens (tertiary/aromatic N) is 3. The molecule has 3 heterocycles. The molecule has 7 nitrogen and oxygen atoms in total. The zero-order valence-electron chi connectivity index (χ0n) is 14.2. The van der Waals surface area contributed by atoms with Crippen molar-refractivity contribution in [2.45, 2.75) is 37.8 Å². The molecule has 2 aliphatic rings. The van der Waals surface area contributed by atoms with E-state index in [0.717, 1.165) is 36.7 Å². The Morgan fingerprint density at radius 1 is 1.12 bits per heavy atom. The quantitative estimate of drug-likeness (QED) is 0.896. The number of nitrogens with one attached hydrogen (secondary N) is 1. The lowest BCUT2D eigenvalue weighted by molar-refractivity contribution is 0.0721. The van der Waals surface area contributed by atoms with Crippen LogP contribution in [0.15, 0.2) is 30.6 Å². The molecule has 1 aliphatic heterocycles. The SMILES string of the molecule is O=S(=O)(NC1CCC(n2ccc3cccnc32)CC1)N1CCOCC1. The van der Waals surface area contributed by atoms with Crippen molar-refractivity contribution in [2.75, 3.05) is 26.3 Å². The number of morpholine rings is 1. The maximum absolute atomic E-state index is 12.5. The van der Waals surface area contributed by atoms with E-state index in [0.29, 0.717) is 32.3 Å².